The van der Waals surface area contributed by atoms with E-state index in [1.54, 1.807) is 0 Å². The van der Waals surface area contributed by atoms with Gasteiger partial charge in [-0.15, -0.1) is 0 Å². The molecule has 0 aliphatic heterocycles. The molecule has 0 bridgehead atoms. The first-order valence-corrected chi connectivity index (χ1v) is 5.78. The minimum absolute atomic E-state index is 0.528. The molecule has 0 saturated carbocycles. The van der Waals surface area contributed by atoms with Crippen LogP contribution in [0.4, 0.5) is 0 Å². The highest BCUT2D eigenvalue weighted by atomic mass is 14.9. The summed E-state index contributed by atoms with van der Waals surface area (Å²) in [5, 5.41) is 0. The van der Waals surface area contributed by atoms with Crippen LogP contribution < -0.4 is 0 Å². The van der Waals surface area contributed by atoms with Crippen LogP contribution in [0.25, 0.3) is 0 Å². The molecule has 0 fully saturated rings. The second kappa shape index (κ2) is 3.76. The summed E-state index contributed by atoms with van der Waals surface area (Å²) >= 11 is 0. The lowest BCUT2D eigenvalue weighted by atomic mass is 9.88. The maximum absolute atomic E-state index is 4.66. The summed E-state index contributed by atoms with van der Waals surface area (Å²) in [7, 11) is 0. The first-order valence-electron chi connectivity index (χ1n) is 5.78. The number of hydrogen-bond acceptors (Lipinski definition) is 1. The second-order valence-electron chi connectivity index (χ2n) is 4.72. The number of aryl methyl sites for hydroxylation is 1. The summed E-state index contributed by atoms with van der Waals surface area (Å²) in [5.74, 6) is 2.58. The van der Waals surface area contributed by atoms with E-state index in [0.717, 1.165) is 5.92 Å². The molecule has 1 heterocycles. The molecule has 1 aliphatic carbocycles. The molecule has 14 heavy (non-hydrogen) atoms. The number of nitrogens with zero attached hydrogens (tertiary/aromatic N) is 1. The smallest absolute Gasteiger partial charge is 0.109 e. The Bertz CT molecular complexity index is 312. The third-order valence-corrected chi connectivity index (χ3v) is 3.29. The van der Waals surface area contributed by atoms with Gasteiger partial charge in [0.2, 0.25) is 0 Å². The highest BCUT2D eigenvalue weighted by molar-refractivity contribution is 5.19. The number of hydrogen-bond donors (Lipinski definition) is 1. The van der Waals surface area contributed by atoms with Crippen molar-refractivity contribution in [3.63, 3.8) is 0 Å². The SMILES string of the molecule is CCC1CCc2nc(C(C)C)[nH]c2C1. The van der Waals surface area contributed by atoms with Crippen LogP contribution >= 0.6 is 0 Å². The van der Waals surface area contributed by atoms with Crippen LogP contribution in [0.2, 0.25) is 0 Å². The molecule has 0 aromatic carbocycles. The Balaban J connectivity index is 2.21. The zero-order valence-corrected chi connectivity index (χ0v) is 9.43. The van der Waals surface area contributed by atoms with Crippen LogP contribution in [0.15, 0.2) is 0 Å². The Morgan fingerprint density at radius 2 is 2.29 bits per heavy atom. The molecule has 1 unspecified atom stereocenters. The van der Waals surface area contributed by atoms with Crippen LogP contribution in [0, 0.1) is 5.92 Å². The highest BCUT2D eigenvalue weighted by Gasteiger charge is 2.21. The Kier molecular flexibility index (Phi) is 2.62. The third-order valence-electron chi connectivity index (χ3n) is 3.29. The van der Waals surface area contributed by atoms with Crippen molar-refractivity contribution in [2.45, 2.75) is 52.4 Å². The fraction of sp³-hybridized carbons (Fsp3) is 0.750. The van der Waals surface area contributed by atoms with E-state index in [-0.39, 0.29) is 0 Å². The van der Waals surface area contributed by atoms with Gasteiger partial charge in [0.1, 0.15) is 5.82 Å². The minimum Gasteiger partial charge on any atom is -0.345 e. The highest BCUT2D eigenvalue weighted by Crippen LogP contribution is 2.27. The van der Waals surface area contributed by atoms with Crippen molar-refractivity contribution >= 4 is 0 Å². The van der Waals surface area contributed by atoms with Crippen molar-refractivity contribution in [3.05, 3.63) is 17.2 Å². The zero-order chi connectivity index (χ0) is 10.1. The van der Waals surface area contributed by atoms with Gasteiger partial charge in [0.25, 0.3) is 0 Å². The molecule has 0 amide bonds. The summed E-state index contributed by atoms with van der Waals surface area (Å²) in [4.78, 5) is 8.15. The van der Waals surface area contributed by atoms with Crippen molar-refractivity contribution < 1.29 is 0 Å². The molecule has 0 saturated heterocycles. The normalized spacial score (nSPS) is 21.3. The number of nitrogens with one attached hydrogen (secondary N) is 1. The van der Waals surface area contributed by atoms with E-state index in [1.165, 1.54) is 42.9 Å². The molecule has 1 aromatic heterocycles. The molecular weight excluding hydrogens is 172 g/mol. The quantitative estimate of drug-likeness (QED) is 0.766. The van der Waals surface area contributed by atoms with Crippen molar-refractivity contribution in [1.82, 2.24) is 9.97 Å². The predicted molar refractivity (Wildman–Crippen MR) is 58.5 cm³/mol. The van der Waals surface area contributed by atoms with Gasteiger partial charge in [-0.3, -0.25) is 0 Å². The monoisotopic (exact) mass is 192 g/mol. The summed E-state index contributed by atoms with van der Waals surface area (Å²) in [6.45, 7) is 6.68. The van der Waals surface area contributed by atoms with Gasteiger partial charge < -0.3 is 4.98 Å². The van der Waals surface area contributed by atoms with E-state index in [9.17, 15) is 0 Å². The fourth-order valence-corrected chi connectivity index (χ4v) is 2.20. The van der Waals surface area contributed by atoms with Crippen LogP contribution in [0.3, 0.4) is 0 Å². The van der Waals surface area contributed by atoms with E-state index >= 15 is 0 Å². The van der Waals surface area contributed by atoms with Gasteiger partial charge in [-0.1, -0.05) is 27.2 Å². The number of aromatic amines is 1. The lowest BCUT2D eigenvalue weighted by molar-refractivity contribution is 0.438. The van der Waals surface area contributed by atoms with Gasteiger partial charge in [-0.05, 0) is 25.2 Å². The van der Waals surface area contributed by atoms with Gasteiger partial charge in [0.15, 0.2) is 0 Å². The summed E-state index contributed by atoms with van der Waals surface area (Å²) in [5.41, 5.74) is 2.74. The molecule has 2 nitrogen and oxygen atoms in total. The van der Waals surface area contributed by atoms with Crippen LogP contribution in [0.5, 0.6) is 0 Å². The fourth-order valence-electron chi connectivity index (χ4n) is 2.20. The minimum atomic E-state index is 0.528. The van der Waals surface area contributed by atoms with E-state index in [4.69, 9.17) is 0 Å². The Hall–Kier alpha value is -0.790. The molecule has 0 radical (unpaired) electrons. The largest absolute Gasteiger partial charge is 0.345 e. The van der Waals surface area contributed by atoms with Crippen LogP contribution in [-0.2, 0) is 12.8 Å². The topological polar surface area (TPSA) is 28.7 Å². The van der Waals surface area contributed by atoms with Crippen LogP contribution in [-0.4, -0.2) is 9.97 Å². The number of aromatic nitrogens is 2. The molecule has 78 valence electrons. The third kappa shape index (κ3) is 1.70. The van der Waals surface area contributed by atoms with Gasteiger partial charge in [-0.2, -0.15) is 0 Å². The zero-order valence-electron chi connectivity index (χ0n) is 9.43. The predicted octanol–water partition coefficient (Wildman–Crippen LogP) is 3.05. The first kappa shape index (κ1) is 9.75. The van der Waals surface area contributed by atoms with Crippen molar-refractivity contribution in [3.8, 4) is 0 Å². The summed E-state index contributed by atoms with van der Waals surface area (Å²) in [6, 6.07) is 0. The lowest BCUT2D eigenvalue weighted by Gasteiger charge is -2.19. The molecule has 2 rings (SSSR count). The number of H-pyrrole nitrogens is 1. The molecule has 1 N–H and O–H groups in total. The summed E-state index contributed by atoms with van der Waals surface area (Å²) in [6.07, 6.45) is 5.02. The van der Waals surface area contributed by atoms with Crippen LogP contribution in [0.1, 0.15) is 56.7 Å². The summed E-state index contributed by atoms with van der Waals surface area (Å²) < 4.78 is 0. The Labute approximate surface area is 86.1 Å². The van der Waals surface area contributed by atoms with Gasteiger partial charge >= 0.3 is 0 Å². The van der Waals surface area contributed by atoms with Gasteiger partial charge in [0.05, 0.1) is 5.69 Å². The van der Waals surface area contributed by atoms with E-state index in [1.807, 2.05) is 0 Å². The average molecular weight is 192 g/mol. The maximum Gasteiger partial charge on any atom is 0.109 e. The van der Waals surface area contributed by atoms with Crippen molar-refractivity contribution in [2.24, 2.45) is 5.92 Å². The van der Waals surface area contributed by atoms with E-state index in [2.05, 4.69) is 30.7 Å². The Morgan fingerprint density at radius 1 is 1.50 bits per heavy atom. The van der Waals surface area contributed by atoms with E-state index in [0.29, 0.717) is 5.92 Å². The molecule has 1 aliphatic rings. The first-order chi connectivity index (χ1) is 6.70. The molecule has 0 spiro atoms. The number of rotatable bonds is 2. The van der Waals surface area contributed by atoms with Crippen molar-refractivity contribution in [2.75, 3.05) is 0 Å². The number of imidazole rings is 1. The second-order valence-corrected chi connectivity index (χ2v) is 4.72. The molecule has 1 aromatic rings. The average Bonchev–Trinajstić information content (AvgIpc) is 2.59. The van der Waals surface area contributed by atoms with E-state index < -0.39 is 0 Å². The standard InChI is InChI=1S/C12H20N2/c1-4-9-5-6-10-11(7-9)14-12(13-10)8(2)3/h8-9H,4-7H2,1-3H3,(H,13,14). The molecule has 2 heteroatoms. The van der Waals surface area contributed by atoms with Gasteiger partial charge in [0, 0.05) is 11.6 Å². The Morgan fingerprint density at radius 3 is 2.93 bits per heavy atom. The molecular formula is C12H20N2. The van der Waals surface area contributed by atoms with Crippen molar-refractivity contribution in [1.29, 1.82) is 0 Å². The molecule has 1 atom stereocenters. The maximum atomic E-state index is 4.66. The van der Waals surface area contributed by atoms with Gasteiger partial charge in [-0.25, -0.2) is 4.98 Å². The lowest BCUT2D eigenvalue weighted by Crippen LogP contribution is -2.12. The number of fused-ring (bicyclic) bond motifs is 1.